The second-order valence-electron chi connectivity index (χ2n) is 3.09. The average Bonchev–Trinajstić information content (AvgIpc) is 2.55. The molecule has 0 unspecified atom stereocenters. The highest BCUT2D eigenvalue weighted by molar-refractivity contribution is 6.33. The second-order valence-corrected chi connectivity index (χ2v) is 3.49. The number of esters is 1. The number of fused-ring (bicyclic) bond motifs is 1. The van der Waals surface area contributed by atoms with Crippen molar-refractivity contribution in [1.29, 1.82) is 0 Å². The van der Waals surface area contributed by atoms with Crippen molar-refractivity contribution in [2.75, 3.05) is 7.11 Å². The Balaban J connectivity index is 2.79. The van der Waals surface area contributed by atoms with Crippen LogP contribution >= 0.6 is 11.6 Å². The predicted molar refractivity (Wildman–Crippen MR) is 56.3 cm³/mol. The van der Waals surface area contributed by atoms with E-state index in [9.17, 15) is 4.79 Å². The van der Waals surface area contributed by atoms with E-state index in [0.717, 1.165) is 0 Å². The molecular weight excluding hydrogens is 216 g/mol. The van der Waals surface area contributed by atoms with Crippen LogP contribution in [0.5, 0.6) is 0 Å². The number of aryl methyl sites for hydroxylation is 1. The zero-order chi connectivity index (χ0) is 11.0. The van der Waals surface area contributed by atoms with Gasteiger partial charge in [-0.25, -0.2) is 9.78 Å². The van der Waals surface area contributed by atoms with Gasteiger partial charge in [0.25, 0.3) is 0 Å². The number of carbonyl (C=O) groups excluding carboxylic acids is 1. The highest BCUT2D eigenvalue weighted by Gasteiger charge is 2.17. The molecule has 0 fully saturated rings. The van der Waals surface area contributed by atoms with Crippen LogP contribution in [0.1, 0.15) is 16.2 Å². The third kappa shape index (κ3) is 1.47. The van der Waals surface area contributed by atoms with Crippen molar-refractivity contribution < 1.29 is 9.53 Å². The molecule has 4 nitrogen and oxygen atoms in total. The van der Waals surface area contributed by atoms with Gasteiger partial charge in [0.2, 0.25) is 0 Å². The number of methoxy groups -OCH3 is 1. The van der Waals surface area contributed by atoms with Crippen molar-refractivity contribution in [2.24, 2.45) is 0 Å². The summed E-state index contributed by atoms with van der Waals surface area (Å²) in [6.45, 7) is 1.75. The Hall–Kier alpha value is -1.55. The van der Waals surface area contributed by atoms with Gasteiger partial charge in [0.05, 0.1) is 17.8 Å². The quantitative estimate of drug-likeness (QED) is 0.697. The summed E-state index contributed by atoms with van der Waals surface area (Å²) in [5.41, 5.74) is 1.59. The molecule has 5 heteroatoms. The molecule has 0 saturated heterocycles. The van der Waals surface area contributed by atoms with Crippen LogP contribution in [0.3, 0.4) is 0 Å². The number of halogens is 1. The van der Waals surface area contributed by atoms with Crippen molar-refractivity contribution in [3.8, 4) is 0 Å². The van der Waals surface area contributed by atoms with Crippen LogP contribution in [-0.4, -0.2) is 22.5 Å². The lowest BCUT2D eigenvalue weighted by molar-refractivity contribution is 0.0592. The van der Waals surface area contributed by atoms with Crippen LogP contribution in [0.2, 0.25) is 5.02 Å². The zero-order valence-corrected chi connectivity index (χ0v) is 9.08. The van der Waals surface area contributed by atoms with Crippen LogP contribution in [0.4, 0.5) is 0 Å². The molecule has 2 aromatic rings. The fourth-order valence-corrected chi connectivity index (χ4v) is 1.70. The van der Waals surface area contributed by atoms with Gasteiger partial charge in [0.15, 0.2) is 11.3 Å². The van der Waals surface area contributed by atoms with E-state index in [1.807, 2.05) is 0 Å². The molecule has 0 aromatic carbocycles. The number of rotatable bonds is 1. The summed E-state index contributed by atoms with van der Waals surface area (Å²) in [7, 11) is 1.34. The summed E-state index contributed by atoms with van der Waals surface area (Å²) >= 11 is 5.95. The molecule has 0 atom stereocenters. The lowest BCUT2D eigenvalue weighted by Gasteiger charge is -2.00. The molecule has 2 rings (SSSR count). The fraction of sp³-hybridized carbons (Fsp3) is 0.200. The smallest absolute Gasteiger partial charge is 0.356 e. The van der Waals surface area contributed by atoms with E-state index in [0.29, 0.717) is 22.1 Å². The van der Waals surface area contributed by atoms with Gasteiger partial charge in [0, 0.05) is 6.20 Å². The van der Waals surface area contributed by atoms with Gasteiger partial charge in [-0.05, 0) is 19.1 Å². The molecule has 0 bridgehead atoms. The Morgan fingerprint density at radius 3 is 3.00 bits per heavy atom. The molecule has 0 saturated carbocycles. The van der Waals surface area contributed by atoms with E-state index in [-0.39, 0.29) is 0 Å². The van der Waals surface area contributed by atoms with Gasteiger partial charge in [0.1, 0.15) is 0 Å². The Morgan fingerprint density at radius 1 is 1.60 bits per heavy atom. The fourth-order valence-electron chi connectivity index (χ4n) is 1.49. The van der Waals surface area contributed by atoms with Crippen molar-refractivity contribution in [1.82, 2.24) is 9.38 Å². The van der Waals surface area contributed by atoms with E-state index in [1.54, 1.807) is 29.7 Å². The minimum Gasteiger partial charge on any atom is -0.464 e. The first kappa shape index (κ1) is 9.98. The lowest BCUT2D eigenvalue weighted by Crippen LogP contribution is -2.06. The predicted octanol–water partition coefficient (Wildman–Crippen LogP) is 2.08. The second kappa shape index (κ2) is 3.55. The molecule has 0 aliphatic rings. The Morgan fingerprint density at radius 2 is 2.33 bits per heavy atom. The standard InChI is InChI=1S/C10H9ClN2O2/c1-6-8(10(14)15-2)13-5-3-4-7(11)9(13)12-6/h3-5H,1-2H3. The summed E-state index contributed by atoms with van der Waals surface area (Å²) in [5.74, 6) is -0.415. The maximum Gasteiger partial charge on any atom is 0.356 e. The number of pyridine rings is 1. The molecule has 2 aromatic heterocycles. The Kier molecular flexibility index (Phi) is 2.36. The number of imidazole rings is 1. The maximum absolute atomic E-state index is 11.5. The number of carbonyl (C=O) groups is 1. The maximum atomic E-state index is 11.5. The molecule has 0 N–H and O–H groups in total. The first-order valence-corrected chi connectivity index (χ1v) is 4.74. The van der Waals surface area contributed by atoms with Crippen LogP contribution < -0.4 is 0 Å². The van der Waals surface area contributed by atoms with Gasteiger partial charge in [-0.2, -0.15) is 0 Å². The number of nitrogens with zero attached hydrogens (tertiary/aromatic N) is 2. The third-order valence-corrected chi connectivity index (χ3v) is 2.45. The number of aromatic nitrogens is 2. The van der Waals surface area contributed by atoms with Gasteiger partial charge >= 0.3 is 5.97 Å². The molecular formula is C10H9ClN2O2. The van der Waals surface area contributed by atoms with Crippen LogP contribution in [0.15, 0.2) is 18.3 Å². The van der Waals surface area contributed by atoms with Crippen molar-refractivity contribution >= 4 is 23.2 Å². The Bertz CT molecular complexity index is 533. The molecule has 78 valence electrons. The summed E-state index contributed by atoms with van der Waals surface area (Å²) in [6, 6.07) is 3.48. The summed E-state index contributed by atoms with van der Waals surface area (Å²) in [4.78, 5) is 15.7. The Labute approximate surface area is 91.4 Å². The normalized spacial score (nSPS) is 10.6. The highest BCUT2D eigenvalue weighted by Crippen LogP contribution is 2.19. The van der Waals surface area contributed by atoms with E-state index in [4.69, 9.17) is 11.6 Å². The zero-order valence-electron chi connectivity index (χ0n) is 8.32. The average molecular weight is 225 g/mol. The summed E-state index contributed by atoms with van der Waals surface area (Å²) < 4.78 is 6.31. The van der Waals surface area contributed by atoms with Crippen LogP contribution in [-0.2, 0) is 4.74 Å². The monoisotopic (exact) mass is 224 g/mol. The molecule has 2 heterocycles. The minimum absolute atomic E-state index is 0.412. The molecule has 0 aliphatic heterocycles. The van der Waals surface area contributed by atoms with Gasteiger partial charge < -0.3 is 4.74 Å². The van der Waals surface area contributed by atoms with E-state index >= 15 is 0 Å². The van der Waals surface area contributed by atoms with E-state index in [1.165, 1.54) is 7.11 Å². The lowest BCUT2D eigenvalue weighted by atomic mass is 10.3. The molecule has 0 spiro atoms. The molecule has 0 radical (unpaired) electrons. The third-order valence-electron chi connectivity index (χ3n) is 2.16. The first-order valence-electron chi connectivity index (χ1n) is 4.36. The summed E-state index contributed by atoms with van der Waals surface area (Å²) in [6.07, 6.45) is 1.73. The van der Waals surface area contributed by atoms with Gasteiger partial charge in [-0.15, -0.1) is 0 Å². The SMILES string of the molecule is COC(=O)c1c(C)nc2c(Cl)cccn12. The summed E-state index contributed by atoms with van der Waals surface area (Å²) in [5, 5.41) is 0.510. The van der Waals surface area contributed by atoms with Crippen molar-refractivity contribution in [2.45, 2.75) is 6.92 Å². The van der Waals surface area contributed by atoms with Crippen molar-refractivity contribution in [3.05, 3.63) is 34.7 Å². The van der Waals surface area contributed by atoms with Gasteiger partial charge in [-0.3, -0.25) is 4.40 Å². The highest BCUT2D eigenvalue weighted by atomic mass is 35.5. The molecule has 0 amide bonds. The largest absolute Gasteiger partial charge is 0.464 e. The van der Waals surface area contributed by atoms with Crippen LogP contribution in [0.25, 0.3) is 5.65 Å². The van der Waals surface area contributed by atoms with Crippen LogP contribution in [0, 0.1) is 6.92 Å². The van der Waals surface area contributed by atoms with Gasteiger partial charge in [-0.1, -0.05) is 11.6 Å². The minimum atomic E-state index is -0.415. The molecule has 0 aliphatic carbocycles. The van der Waals surface area contributed by atoms with Crippen molar-refractivity contribution in [3.63, 3.8) is 0 Å². The first-order chi connectivity index (χ1) is 7.15. The number of hydrogen-bond acceptors (Lipinski definition) is 3. The van der Waals surface area contributed by atoms with E-state index < -0.39 is 5.97 Å². The molecule has 15 heavy (non-hydrogen) atoms. The number of ether oxygens (including phenoxy) is 1. The topological polar surface area (TPSA) is 43.6 Å². The number of hydrogen-bond donors (Lipinski definition) is 0. The van der Waals surface area contributed by atoms with E-state index in [2.05, 4.69) is 9.72 Å².